The predicted molar refractivity (Wildman–Crippen MR) is 93.2 cm³/mol. The molecule has 1 atom stereocenters. The molecule has 1 fully saturated rings. The number of rotatable bonds is 5. The predicted octanol–water partition coefficient (Wildman–Crippen LogP) is 1.79. The van der Waals surface area contributed by atoms with Crippen LogP contribution in [-0.4, -0.2) is 67.7 Å². The third-order valence-corrected chi connectivity index (χ3v) is 4.49. The van der Waals surface area contributed by atoms with Gasteiger partial charge in [0.15, 0.2) is 0 Å². The number of carbonyl (C=O) groups excluding carboxylic acids is 3. The van der Waals surface area contributed by atoms with Crippen LogP contribution < -0.4 is 4.90 Å². The van der Waals surface area contributed by atoms with Gasteiger partial charge in [-0.2, -0.15) is 13.2 Å². The molecule has 6 nitrogen and oxygen atoms in total. The van der Waals surface area contributed by atoms with Crippen molar-refractivity contribution in [1.29, 1.82) is 0 Å². The van der Waals surface area contributed by atoms with Crippen LogP contribution in [0.2, 0.25) is 0 Å². The first kappa shape index (κ1) is 20.7. The van der Waals surface area contributed by atoms with Gasteiger partial charge in [0.25, 0.3) is 0 Å². The number of nitrogens with zero attached hydrogens (tertiary/aromatic N) is 3. The molecular weight excluding hydrogens is 363 g/mol. The van der Waals surface area contributed by atoms with E-state index in [2.05, 4.69) is 0 Å². The Bertz CT molecular complexity index is 707. The Morgan fingerprint density at radius 2 is 1.96 bits per heavy atom. The molecule has 0 aliphatic carbocycles. The average Bonchev–Trinajstić information content (AvgIpc) is 2.80. The van der Waals surface area contributed by atoms with Gasteiger partial charge in [0.2, 0.25) is 11.8 Å². The zero-order valence-electron chi connectivity index (χ0n) is 15.2. The summed E-state index contributed by atoms with van der Waals surface area (Å²) in [4.78, 5) is 40.1. The monoisotopic (exact) mass is 385 g/mol. The molecule has 0 unspecified atom stereocenters. The van der Waals surface area contributed by atoms with Crippen LogP contribution in [0.25, 0.3) is 0 Å². The molecule has 0 bridgehead atoms. The molecule has 0 radical (unpaired) electrons. The van der Waals surface area contributed by atoms with E-state index >= 15 is 0 Å². The molecule has 1 heterocycles. The van der Waals surface area contributed by atoms with Crippen molar-refractivity contribution in [2.75, 3.05) is 38.6 Å². The summed E-state index contributed by atoms with van der Waals surface area (Å²) in [6, 6.07) is 4.03. The summed E-state index contributed by atoms with van der Waals surface area (Å²) in [7, 11) is 3.08. The van der Waals surface area contributed by atoms with E-state index in [9.17, 15) is 27.6 Å². The van der Waals surface area contributed by atoms with Crippen LogP contribution in [0.5, 0.6) is 0 Å². The average molecular weight is 385 g/mol. The molecule has 1 saturated heterocycles. The molecule has 148 valence electrons. The lowest BCUT2D eigenvalue weighted by Crippen LogP contribution is -2.50. The van der Waals surface area contributed by atoms with Gasteiger partial charge in [0.1, 0.15) is 12.3 Å². The quantitative estimate of drug-likeness (QED) is 0.725. The van der Waals surface area contributed by atoms with Crippen LogP contribution in [-0.2, 0) is 20.6 Å². The highest BCUT2D eigenvalue weighted by atomic mass is 19.4. The molecule has 9 heteroatoms. The van der Waals surface area contributed by atoms with Crippen LogP contribution in [0, 0.1) is 0 Å². The van der Waals surface area contributed by atoms with E-state index in [4.69, 9.17) is 0 Å². The van der Waals surface area contributed by atoms with Crippen LogP contribution in [0.4, 0.5) is 18.9 Å². The van der Waals surface area contributed by atoms with Gasteiger partial charge in [0, 0.05) is 52.3 Å². The van der Waals surface area contributed by atoms with Gasteiger partial charge >= 0.3 is 6.18 Å². The lowest BCUT2D eigenvalue weighted by molar-refractivity contribution is -0.144. The first-order valence-electron chi connectivity index (χ1n) is 8.51. The zero-order chi connectivity index (χ0) is 20.2. The van der Waals surface area contributed by atoms with Crippen LogP contribution >= 0.6 is 0 Å². The Kier molecular flexibility index (Phi) is 6.45. The van der Waals surface area contributed by atoms with E-state index in [1.54, 1.807) is 11.0 Å². The second-order valence-electron chi connectivity index (χ2n) is 6.52. The molecule has 0 saturated carbocycles. The molecular formula is C18H22F3N3O3. The summed E-state index contributed by atoms with van der Waals surface area (Å²) in [6.45, 7) is 0.650. The number of hydrogen-bond acceptors (Lipinski definition) is 4. The third-order valence-electron chi connectivity index (χ3n) is 4.49. The Balaban J connectivity index is 2.21. The van der Waals surface area contributed by atoms with Crippen molar-refractivity contribution in [3.63, 3.8) is 0 Å². The largest absolute Gasteiger partial charge is 0.416 e. The highest BCUT2D eigenvalue weighted by Gasteiger charge is 2.34. The fraction of sp³-hybridized carbons (Fsp3) is 0.500. The highest BCUT2D eigenvalue weighted by molar-refractivity contribution is 5.89. The maximum atomic E-state index is 12.9. The molecule has 1 aromatic rings. The molecule has 2 rings (SSSR count). The highest BCUT2D eigenvalue weighted by Crippen LogP contribution is 2.32. The molecule has 1 aromatic carbocycles. The smallest absolute Gasteiger partial charge is 0.369 e. The van der Waals surface area contributed by atoms with Crippen LogP contribution in [0.1, 0.15) is 18.4 Å². The van der Waals surface area contributed by atoms with E-state index < -0.39 is 17.8 Å². The Morgan fingerprint density at radius 3 is 2.56 bits per heavy atom. The molecule has 0 spiro atoms. The van der Waals surface area contributed by atoms with Crippen LogP contribution in [0.15, 0.2) is 24.3 Å². The number of likely N-dealkylation sites (N-methyl/N-ethyl adjacent to an activating group) is 1. The minimum absolute atomic E-state index is 0.0479. The molecule has 1 aliphatic rings. The van der Waals surface area contributed by atoms with Gasteiger partial charge < -0.3 is 19.5 Å². The maximum absolute atomic E-state index is 12.9. The molecule has 1 aliphatic heterocycles. The van der Waals surface area contributed by atoms with Crippen LogP contribution in [0.3, 0.4) is 0 Å². The molecule has 0 aromatic heterocycles. The fourth-order valence-corrected chi connectivity index (χ4v) is 3.06. The van der Waals surface area contributed by atoms with E-state index in [-0.39, 0.29) is 44.3 Å². The number of anilines is 1. The number of aldehydes is 1. The second-order valence-corrected chi connectivity index (χ2v) is 6.52. The summed E-state index contributed by atoms with van der Waals surface area (Å²) in [5.74, 6) is -0.658. The van der Waals surface area contributed by atoms with Gasteiger partial charge in [-0.25, -0.2) is 0 Å². The first-order chi connectivity index (χ1) is 12.6. The topological polar surface area (TPSA) is 60.9 Å². The number of hydrogen-bond donors (Lipinski definition) is 0. The summed E-state index contributed by atoms with van der Waals surface area (Å²) >= 11 is 0. The van der Waals surface area contributed by atoms with Gasteiger partial charge in [-0.15, -0.1) is 0 Å². The van der Waals surface area contributed by atoms with Gasteiger partial charge in [-0.3, -0.25) is 9.59 Å². The standard InChI is InChI=1S/C18H22F3N3O3/c1-22(2)17(27)15(7-11-25)24-10-9-23(8-6-16(24)26)14-5-3-4-13(12-14)18(19,20)21/h3-5,11-12,15H,6-10H2,1-2H3/t15-/m0/s1. The Morgan fingerprint density at radius 1 is 1.26 bits per heavy atom. The fourth-order valence-electron chi connectivity index (χ4n) is 3.06. The SMILES string of the molecule is CN(C)C(=O)[C@H](CC=O)N1CCN(c2cccc(C(F)(F)F)c2)CCC1=O. The molecule has 27 heavy (non-hydrogen) atoms. The molecule has 0 N–H and O–H groups in total. The summed E-state index contributed by atoms with van der Waals surface area (Å²) < 4.78 is 38.8. The van der Waals surface area contributed by atoms with E-state index in [1.807, 2.05) is 0 Å². The van der Waals surface area contributed by atoms with E-state index in [0.717, 1.165) is 12.1 Å². The van der Waals surface area contributed by atoms with Gasteiger partial charge in [-0.1, -0.05) is 6.07 Å². The number of benzene rings is 1. The lowest BCUT2D eigenvalue weighted by atomic mass is 10.1. The van der Waals surface area contributed by atoms with E-state index in [1.165, 1.54) is 30.0 Å². The van der Waals surface area contributed by atoms with Crippen molar-refractivity contribution in [2.24, 2.45) is 0 Å². The minimum Gasteiger partial charge on any atom is -0.369 e. The van der Waals surface area contributed by atoms with Gasteiger partial charge in [-0.05, 0) is 18.2 Å². The lowest BCUT2D eigenvalue weighted by Gasteiger charge is -2.31. The summed E-state index contributed by atoms with van der Waals surface area (Å²) in [5, 5.41) is 0. The first-order valence-corrected chi connectivity index (χ1v) is 8.51. The zero-order valence-corrected chi connectivity index (χ0v) is 15.2. The minimum atomic E-state index is -4.45. The van der Waals surface area contributed by atoms with Gasteiger partial charge in [0.05, 0.1) is 5.56 Å². The number of alkyl halides is 3. The number of carbonyl (C=O) groups is 3. The summed E-state index contributed by atoms with van der Waals surface area (Å²) in [5.41, 5.74) is -0.389. The molecule has 2 amide bonds. The number of amides is 2. The normalized spacial score (nSPS) is 16.7. The Labute approximate surface area is 155 Å². The van der Waals surface area contributed by atoms with Crippen molar-refractivity contribution in [3.05, 3.63) is 29.8 Å². The van der Waals surface area contributed by atoms with E-state index in [0.29, 0.717) is 12.0 Å². The van der Waals surface area contributed by atoms with Crippen molar-refractivity contribution >= 4 is 23.8 Å². The number of halogens is 3. The maximum Gasteiger partial charge on any atom is 0.416 e. The van der Waals surface area contributed by atoms with Crippen molar-refractivity contribution in [1.82, 2.24) is 9.80 Å². The Hall–Kier alpha value is -2.58. The van der Waals surface area contributed by atoms with Crippen molar-refractivity contribution in [2.45, 2.75) is 25.1 Å². The summed E-state index contributed by atoms with van der Waals surface area (Å²) in [6.07, 6.45) is -3.93. The second kappa shape index (κ2) is 8.41. The van der Waals surface area contributed by atoms with Crippen molar-refractivity contribution < 1.29 is 27.6 Å². The van der Waals surface area contributed by atoms with Crippen molar-refractivity contribution in [3.8, 4) is 0 Å². The third kappa shape index (κ3) is 4.99.